The van der Waals surface area contributed by atoms with Gasteiger partial charge in [-0.05, 0) is 18.6 Å². The highest BCUT2D eigenvalue weighted by molar-refractivity contribution is 5.77. The van der Waals surface area contributed by atoms with Crippen molar-refractivity contribution in [3.8, 4) is 0 Å². The van der Waals surface area contributed by atoms with Crippen molar-refractivity contribution in [2.24, 2.45) is 5.41 Å². The Morgan fingerprint density at radius 2 is 2.17 bits per heavy atom. The molecule has 2 unspecified atom stereocenters. The zero-order valence-electron chi connectivity index (χ0n) is 10.8. The molecule has 0 bridgehead atoms. The van der Waals surface area contributed by atoms with E-state index in [9.17, 15) is 5.11 Å². The van der Waals surface area contributed by atoms with Gasteiger partial charge in [0, 0.05) is 16.8 Å². The van der Waals surface area contributed by atoms with Crippen molar-refractivity contribution in [1.82, 2.24) is 5.32 Å². The van der Waals surface area contributed by atoms with E-state index in [0.717, 1.165) is 29.7 Å². The van der Waals surface area contributed by atoms with Gasteiger partial charge < -0.3 is 14.8 Å². The van der Waals surface area contributed by atoms with E-state index in [0.29, 0.717) is 6.04 Å². The fourth-order valence-electron chi connectivity index (χ4n) is 2.60. The number of fused-ring (bicyclic) bond motifs is 1. The highest BCUT2D eigenvalue weighted by Gasteiger charge is 2.46. The van der Waals surface area contributed by atoms with Crippen LogP contribution < -0.4 is 5.32 Å². The highest BCUT2D eigenvalue weighted by atomic mass is 16.3. The molecule has 0 saturated heterocycles. The lowest BCUT2D eigenvalue weighted by molar-refractivity contribution is -0.0733. The molecule has 1 aliphatic rings. The van der Waals surface area contributed by atoms with Crippen LogP contribution in [0.25, 0.3) is 11.0 Å². The number of nitrogens with one attached hydrogen (secondary N) is 1. The van der Waals surface area contributed by atoms with Crippen LogP contribution in [0.3, 0.4) is 0 Å². The number of aliphatic hydroxyl groups is 1. The molecule has 2 atom stereocenters. The third-order valence-corrected chi connectivity index (χ3v) is 4.22. The summed E-state index contributed by atoms with van der Waals surface area (Å²) >= 11 is 0. The highest BCUT2D eigenvalue weighted by Crippen LogP contribution is 2.40. The first-order chi connectivity index (χ1) is 8.57. The maximum Gasteiger partial charge on any atom is 0.134 e. The van der Waals surface area contributed by atoms with E-state index in [2.05, 4.69) is 31.3 Å². The van der Waals surface area contributed by atoms with Gasteiger partial charge in [-0.15, -0.1) is 0 Å². The van der Waals surface area contributed by atoms with Crippen molar-refractivity contribution in [3.05, 3.63) is 36.1 Å². The fraction of sp³-hybridized carbons (Fsp3) is 0.467. The third-order valence-electron chi connectivity index (χ3n) is 4.22. The first-order valence-corrected chi connectivity index (χ1v) is 6.46. The molecule has 0 radical (unpaired) electrons. The molecule has 0 spiro atoms. The van der Waals surface area contributed by atoms with Crippen LogP contribution in [0.4, 0.5) is 0 Å². The van der Waals surface area contributed by atoms with Gasteiger partial charge in [-0.1, -0.05) is 32.0 Å². The van der Waals surface area contributed by atoms with Crippen LogP contribution in [0.2, 0.25) is 0 Å². The average Bonchev–Trinajstić information content (AvgIpc) is 2.76. The van der Waals surface area contributed by atoms with Gasteiger partial charge in [0.1, 0.15) is 11.3 Å². The molecule has 3 heteroatoms. The molecule has 1 aliphatic carbocycles. The minimum absolute atomic E-state index is 0.0357. The third kappa shape index (κ3) is 1.84. The van der Waals surface area contributed by atoms with E-state index >= 15 is 0 Å². The quantitative estimate of drug-likeness (QED) is 0.874. The summed E-state index contributed by atoms with van der Waals surface area (Å²) in [6, 6.07) is 10.5. The molecule has 1 fully saturated rings. The van der Waals surface area contributed by atoms with Crippen molar-refractivity contribution >= 4 is 11.0 Å². The lowest BCUT2D eigenvalue weighted by atomic mass is 9.64. The molecule has 0 aliphatic heterocycles. The number of hydrogen-bond donors (Lipinski definition) is 2. The van der Waals surface area contributed by atoms with Gasteiger partial charge in [0.2, 0.25) is 0 Å². The van der Waals surface area contributed by atoms with Crippen LogP contribution in [0.15, 0.2) is 34.7 Å². The second kappa shape index (κ2) is 4.11. The molecule has 1 heterocycles. The zero-order chi connectivity index (χ0) is 12.8. The second-order valence-electron chi connectivity index (χ2n) is 5.76. The van der Waals surface area contributed by atoms with E-state index in [1.54, 1.807) is 0 Å². The molecular formula is C15H19NO2. The van der Waals surface area contributed by atoms with Crippen molar-refractivity contribution in [2.75, 3.05) is 0 Å². The Morgan fingerprint density at radius 1 is 1.39 bits per heavy atom. The van der Waals surface area contributed by atoms with E-state index in [-0.39, 0.29) is 11.5 Å². The minimum Gasteiger partial charge on any atom is -0.460 e. The topological polar surface area (TPSA) is 45.4 Å². The van der Waals surface area contributed by atoms with E-state index in [1.807, 2.05) is 18.2 Å². The summed E-state index contributed by atoms with van der Waals surface area (Å²) in [5, 5.41) is 14.3. The Hall–Kier alpha value is -1.32. The summed E-state index contributed by atoms with van der Waals surface area (Å²) < 4.78 is 5.76. The van der Waals surface area contributed by atoms with Crippen LogP contribution in [0, 0.1) is 5.41 Å². The Kier molecular flexibility index (Phi) is 2.68. The Bertz CT molecular complexity index is 525. The predicted octanol–water partition coefficient (Wildman–Crippen LogP) is 2.68. The largest absolute Gasteiger partial charge is 0.460 e. The van der Waals surface area contributed by atoms with Gasteiger partial charge in [0.25, 0.3) is 0 Å². The van der Waals surface area contributed by atoms with Crippen molar-refractivity contribution in [2.45, 2.75) is 39.0 Å². The molecule has 2 aromatic rings. The normalized spacial score (nSPS) is 26.2. The summed E-state index contributed by atoms with van der Waals surface area (Å²) in [5.41, 5.74) is 0.897. The zero-order valence-corrected chi connectivity index (χ0v) is 10.8. The second-order valence-corrected chi connectivity index (χ2v) is 5.76. The number of hydrogen-bond acceptors (Lipinski definition) is 3. The van der Waals surface area contributed by atoms with Gasteiger partial charge in [-0.25, -0.2) is 0 Å². The Labute approximate surface area is 107 Å². The molecule has 3 nitrogen and oxygen atoms in total. The number of benzene rings is 1. The monoisotopic (exact) mass is 245 g/mol. The SMILES string of the molecule is CC1(C)C(O)CC1NCc1cc2ccccc2o1. The Morgan fingerprint density at radius 3 is 2.83 bits per heavy atom. The lowest BCUT2D eigenvalue weighted by Gasteiger charge is -2.49. The van der Waals surface area contributed by atoms with E-state index in [1.165, 1.54) is 0 Å². The smallest absolute Gasteiger partial charge is 0.134 e. The first-order valence-electron chi connectivity index (χ1n) is 6.46. The van der Waals surface area contributed by atoms with Crippen LogP contribution in [-0.2, 0) is 6.54 Å². The van der Waals surface area contributed by atoms with Crippen LogP contribution >= 0.6 is 0 Å². The average molecular weight is 245 g/mol. The summed E-state index contributed by atoms with van der Waals surface area (Å²) in [4.78, 5) is 0. The molecular weight excluding hydrogens is 226 g/mol. The van der Waals surface area contributed by atoms with E-state index < -0.39 is 0 Å². The summed E-state index contributed by atoms with van der Waals surface area (Å²) in [7, 11) is 0. The number of para-hydroxylation sites is 1. The molecule has 0 amide bonds. The first kappa shape index (κ1) is 11.8. The summed E-state index contributed by atoms with van der Waals surface area (Å²) in [5.74, 6) is 0.952. The van der Waals surface area contributed by atoms with E-state index in [4.69, 9.17) is 4.42 Å². The molecule has 1 saturated carbocycles. The number of aliphatic hydroxyl groups excluding tert-OH is 1. The van der Waals surface area contributed by atoms with Gasteiger partial charge >= 0.3 is 0 Å². The number of rotatable bonds is 3. The maximum absolute atomic E-state index is 9.69. The summed E-state index contributed by atoms with van der Waals surface area (Å²) in [6.07, 6.45) is 0.637. The molecule has 96 valence electrons. The van der Waals surface area contributed by atoms with Gasteiger partial charge in [0.15, 0.2) is 0 Å². The van der Waals surface area contributed by atoms with Crippen LogP contribution in [0.5, 0.6) is 0 Å². The molecule has 18 heavy (non-hydrogen) atoms. The van der Waals surface area contributed by atoms with Crippen molar-refractivity contribution < 1.29 is 9.52 Å². The van der Waals surface area contributed by atoms with Gasteiger partial charge in [0.05, 0.1) is 12.6 Å². The Balaban J connectivity index is 1.67. The molecule has 2 N–H and O–H groups in total. The fourth-order valence-corrected chi connectivity index (χ4v) is 2.60. The molecule has 3 rings (SSSR count). The van der Waals surface area contributed by atoms with Crippen LogP contribution in [-0.4, -0.2) is 17.3 Å². The summed E-state index contributed by atoms with van der Waals surface area (Å²) in [6.45, 7) is 4.91. The van der Waals surface area contributed by atoms with Gasteiger partial charge in [-0.2, -0.15) is 0 Å². The maximum atomic E-state index is 9.69. The number of furan rings is 1. The minimum atomic E-state index is -0.189. The predicted molar refractivity (Wildman–Crippen MR) is 71.2 cm³/mol. The standard InChI is InChI=1S/C15H19NO2/c1-15(2)13(8-14(15)17)16-9-11-7-10-5-3-4-6-12(10)18-11/h3-7,13-14,16-17H,8-9H2,1-2H3. The molecule has 1 aromatic heterocycles. The van der Waals surface area contributed by atoms with Gasteiger partial charge in [-0.3, -0.25) is 0 Å². The molecule has 1 aromatic carbocycles. The van der Waals surface area contributed by atoms with Crippen LogP contribution in [0.1, 0.15) is 26.0 Å². The van der Waals surface area contributed by atoms with Crippen molar-refractivity contribution in [3.63, 3.8) is 0 Å². The lowest BCUT2D eigenvalue weighted by Crippen LogP contribution is -2.59. The van der Waals surface area contributed by atoms with Crippen molar-refractivity contribution in [1.29, 1.82) is 0 Å².